The van der Waals surface area contributed by atoms with Crippen molar-refractivity contribution in [3.63, 3.8) is 0 Å². The molecule has 0 saturated heterocycles. The Kier molecular flexibility index (Phi) is 4.32. The van der Waals surface area contributed by atoms with E-state index in [4.69, 9.17) is 0 Å². The third kappa shape index (κ3) is 3.46. The summed E-state index contributed by atoms with van der Waals surface area (Å²) in [6.07, 6.45) is -4.80. The fraction of sp³-hybridized carbons (Fsp3) is 0.333. The van der Waals surface area contributed by atoms with Gasteiger partial charge in [-0.3, -0.25) is 14.9 Å². The quantitative estimate of drug-likeness (QED) is 0.510. The van der Waals surface area contributed by atoms with Crippen LogP contribution in [0.5, 0.6) is 5.75 Å². The van der Waals surface area contributed by atoms with E-state index in [-0.39, 0.29) is 6.61 Å². The molecule has 0 aliphatic carbocycles. The number of nitrogens with zero attached hydrogens (tertiary/aromatic N) is 1. The van der Waals surface area contributed by atoms with E-state index in [0.29, 0.717) is 6.20 Å². The molecule has 0 saturated carbocycles. The molecule has 1 aromatic rings. The number of ether oxygens (including phenoxy) is 2. The highest BCUT2D eigenvalue weighted by Gasteiger charge is 2.37. The summed E-state index contributed by atoms with van der Waals surface area (Å²) < 4.78 is 44.4. The summed E-state index contributed by atoms with van der Waals surface area (Å²) in [4.78, 5) is 33.9. The van der Waals surface area contributed by atoms with Gasteiger partial charge in [0.2, 0.25) is 0 Å². The SMILES string of the molecule is CCOC(=O)c1c(OC(F)(F)F)c[nH]c(=O)c1[N+](=O)[O-]. The van der Waals surface area contributed by atoms with Crippen molar-refractivity contribution in [3.05, 3.63) is 32.2 Å². The first-order valence-electron chi connectivity index (χ1n) is 5.00. The van der Waals surface area contributed by atoms with Crippen LogP contribution in [0.2, 0.25) is 0 Å². The third-order valence-electron chi connectivity index (χ3n) is 1.92. The minimum atomic E-state index is -5.20. The number of hydrogen-bond donors (Lipinski definition) is 1. The molecule has 0 amide bonds. The van der Waals surface area contributed by atoms with Gasteiger partial charge in [0, 0.05) is 6.20 Å². The molecule has 0 aromatic carbocycles. The molecule has 11 heteroatoms. The maximum Gasteiger partial charge on any atom is 0.573 e. The first-order valence-corrected chi connectivity index (χ1v) is 5.00. The number of halogens is 3. The van der Waals surface area contributed by atoms with Crippen LogP contribution < -0.4 is 10.3 Å². The fourth-order valence-electron chi connectivity index (χ4n) is 1.28. The molecular weight excluding hydrogens is 289 g/mol. The second kappa shape index (κ2) is 5.59. The average molecular weight is 296 g/mol. The van der Waals surface area contributed by atoms with Gasteiger partial charge >= 0.3 is 23.6 Å². The predicted molar refractivity (Wildman–Crippen MR) is 56.4 cm³/mol. The fourth-order valence-corrected chi connectivity index (χ4v) is 1.28. The Hall–Kier alpha value is -2.59. The van der Waals surface area contributed by atoms with Crippen LogP contribution in [-0.2, 0) is 4.74 Å². The van der Waals surface area contributed by atoms with Crippen molar-refractivity contribution in [1.29, 1.82) is 0 Å². The van der Waals surface area contributed by atoms with Gasteiger partial charge in [0.1, 0.15) is 0 Å². The lowest BCUT2D eigenvalue weighted by atomic mass is 10.2. The third-order valence-corrected chi connectivity index (χ3v) is 1.92. The van der Waals surface area contributed by atoms with Crippen LogP contribution in [0.15, 0.2) is 11.0 Å². The summed E-state index contributed by atoms with van der Waals surface area (Å²) in [7, 11) is 0. The summed E-state index contributed by atoms with van der Waals surface area (Å²) in [5, 5.41) is 10.7. The van der Waals surface area contributed by atoms with Crippen LogP contribution in [0.1, 0.15) is 17.3 Å². The van der Waals surface area contributed by atoms with Crippen LogP contribution in [-0.4, -0.2) is 28.8 Å². The zero-order chi connectivity index (χ0) is 15.5. The second-order valence-corrected chi connectivity index (χ2v) is 3.23. The Labute approximate surface area is 108 Å². The molecule has 1 rings (SSSR count). The number of carbonyl (C=O) groups is 1. The van der Waals surface area contributed by atoms with Crippen molar-refractivity contribution in [3.8, 4) is 5.75 Å². The number of hydrogen-bond acceptors (Lipinski definition) is 6. The minimum Gasteiger partial charge on any atom is -0.462 e. The number of aromatic amines is 1. The van der Waals surface area contributed by atoms with Crippen molar-refractivity contribution < 1.29 is 32.4 Å². The molecular formula is C9H7F3N2O6. The highest BCUT2D eigenvalue weighted by molar-refractivity contribution is 5.96. The highest BCUT2D eigenvalue weighted by Crippen LogP contribution is 2.30. The maximum absolute atomic E-state index is 12.2. The van der Waals surface area contributed by atoms with Crippen LogP contribution >= 0.6 is 0 Å². The molecule has 0 spiro atoms. The zero-order valence-corrected chi connectivity index (χ0v) is 9.82. The van der Waals surface area contributed by atoms with Crippen LogP contribution in [0.25, 0.3) is 0 Å². The lowest BCUT2D eigenvalue weighted by Gasteiger charge is -2.11. The summed E-state index contributed by atoms with van der Waals surface area (Å²) in [6.45, 7) is 1.08. The number of pyridine rings is 1. The van der Waals surface area contributed by atoms with Crippen molar-refractivity contribution in [2.45, 2.75) is 13.3 Å². The van der Waals surface area contributed by atoms with Crippen molar-refractivity contribution in [2.24, 2.45) is 0 Å². The minimum absolute atomic E-state index is 0.256. The number of aromatic nitrogens is 1. The first-order chi connectivity index (χ1) is 9.17. The van der Waals surface area contributed by atoms with E-state index >= 15 is 0 Å². The Bertz CT molecular complexity index is 594. The molecule has 20 heavy (non-hydrogen) atoms. The van der Waals surface area contributed by atoms with Gasteiger partial charge in [-0.1, -0.05) is 0 Å². The Balaban J connectivity index is 3.52. The van der Waals surface area contributed by atoms with Crippen molar-refractivity contribution in [1.82, 2.24) is 4.98 Å². The standard InChI is InChI=1S/C9H7F3N2O6/c1-2-19-8(16)5-4(20-9(10,11)12)3-13-7(15)6(5)14(17)18/h3H,2H2,1H3,(H,13,15). The number of rotatable bonds is 4. The van der Waals surface area contributed by atoms with Gasteiger partial charge in [-0.05, 0) is 6.92 Å². The molecule has 0 unspecified atom stereocenters. The largest absolute Gasteiger partial charge is 0.573 e. The molecule has 8 nitrogen and oxygen atoms in total. The molecule has 0 atom stereocenters. The summed E-state index contributed by atoms with van der Waals surface area (Å²) in [5.41, 5.74) is -3.93. The number of alkyl halides is 3. The molecule has 0 fully saturated rings. The van der Waals surface area contributed by atoms with Crippen LogP contribution in [0.3, 0.4) is 0 Å². The molecule has 1 N–H and O–H groups in total. The lowest BCUT2D eigenvalue weighted by Crippen LogP contribution is -2.24. The second-order valence-electron chi connectivity index (χ2n) is 3.23. The molecule has 1 heterocycles. The molecule has 110 valence electrons. The van der Waals surface area contributed by atoms with Crippen LogP contribution in [0.4, 0.5) is 18.9 Å². The molecule has 0 radical (unpaired) electrons. The topological polar surface area (TPSA) is 112 Å². The molecule has 1 aromatic heterocycles. The number of nitro groups is 1. The van der Waals surface area contributed by atoms with Gasteiger partial charge in [0.15, 0.2) is 11.3 Å². The summed E-state index contributed by atoms with van der Waals surface area (Å²) in [5.74, 6) is -2.69. The van der Waals surface area contributed by atoms with Crippen molar-refractivity contribution >= 4 is 11.7 Å². The van der Waals surface area contributed by atoms with Crippen LogP contribution in [0, 0.1) is 10.1 Å². The Morgan fingerprint density at radius 2 is 2.10 bits per heavy atom. The number of H-pyrrole nitrogens is 1. The van der Waals surface area contributed by atoms with Gasteiger partial charge < -0.3 is 14.5 Å². The Morgan fingerprint density at radius 3 is 2.55 bits per heavy atom. The van der Waals surface area contributed by atoms with E-state index in [1.807, 2.05) is 0 Å². The van der Waals surface area contributed by atoms with E-state index in [1.165, 1.54) is 6.92 Å². The Morgan fingerprint density at radius 1 is 1.50 bits per heavy atom. The smallest absolute Gasteiger partial charge is 0.462 e. The van der Waals surface area contributed by atoms with E-state index in [0.717, 1.165) is 0 Å². The molecule has 0 aliphatic heterocycles. The maximum atomic E-state index is 12.2. The van der Waals surface area contributed by atoms with Gasteiger partial charge in [-0.15, -0.1) is 13.2 Å². The van der Waals surface area contributed by atoms with E-state index in [9.17, 15) is 32.9 Å². The van der Waals surface area contributed by atoms with Gasteiger partial charge in [-0.25, -0.2) is 4.79 Å². The summed E-state index contributed by atoms with van der Waals surface area (Å²) in [6, 6.07) is 0. The van der Waals surface area contributed by atoms with Crippen molar-refractivity contribution in [2.75, 3.05) is 6.61 Å². The number of nitrogens with one attached hydrogen (secondary N) is 1. The van der Waals surface area contributed by atoms with Gasteiger partial charge in [0.25, 0.3) is 0 Å². The monoisotopic (exact) mass is 296 g/mol. The zero-order valence-electron chi connectivity index (χ0n) is 9.82. The van der Waals surface area contributed by atoms with Gasteiger partial charge in [-0.2, -0.15) is 0 Å². The van der Waals surface area contributed by atoms with E-state index in [1.54, 1.807) is 4.98 Å². The highest BCUT2D eigenvalue weighted by atomic mass is 19.4. The first kappa shape index (κ1) is 15.5. The molecule has 0 aliphatic rings. The van der Waals surface area contributed by atoms with E-state index in [2.05, 4.69) is 9.47 Å². The lowest BCUT2D eigenvalue weighted by molar-refractivity contribution is -0.386. The van der Waals surface area contributed by atoms with Gasteiger partial charge in [0.05, 0.1) is 11.5 Å². The predicted octanol–water partition coefficient (Wildman–Crippen LogP) is 1.36. The number of carbonyl (C=O) groups excluding carboxylic acids is 1. The average Bonchev–Trinajstić information content (AvgIpc) is 2.29. The number of esters is 1. The normalized spacial score (nSPS) is 11.0. The molecule has 0 bridgehead atoms. The summed E-state index contributed by atoms with van der Waals surface area (Å²) >= 11 is 0. The van der Waals surface area contributed by atoms with E-state index < -0.39 is 39.8 Å².